The minimum absolute atomic E-state index is 0.0211. The number of rotatable bonds is 2. The smallest absolute Gasteiger partial charge is 0.333 e. The lowest BCUT2D eigenvalue weighted by Gasteiger charge is -2.41. The molecule has 0 unspecified atom stereocenters. The molecule has 0 spiro atoms. The summed E-state index contributed by atoms with van der Waals surface area (Å²) in [7, 11) is 0. The highest BCUT2D eigenvalue weighted by Crippen LogP contribution is 2.52. The fourth-order valence-corrected chi connectivity index (χ4v) is 13.2. The summed E-state index contributed by atoms with van der Waals surface area (Å²) in [6.45, 7) is 28.0. The van der Waals surface area contributed by atoms with E-state index in [0.717, 1.165) is 0 Å². The van der Waals surface area contributed by atoms with Gasteiger partial charge < -0.3 is 18.8 Å². The zero-order valence-corrected chi connectivity index (χ0v) is 44.0. The standard InChI is InChI=1S/C66H62B2N4/c1-63(2,3)39-33-40(64(4,5)6)36-43(35-39)69-53-29-15-13-27-51(53)67-57-45(21-19-31-55(57)69)47-23-17-25-49-59(47)71(67)61-50-26-18-24-48-46-22-20-32-56-58(46)68(72(60(48)50)62(49)61)52-28-14-16-30-54(52)70(56)44-37-41(65(7,8)9)34-42(38-44)66(10,11)12/h13-38H,1-12H3. The minimum atomic E-state index is -0.0472. The maximum atomic E-state index is 2.78. The molecule has 0 fully saturated rings. The van der Waals surface area contributed by atoms with Gasteiger partial charge >= 0.3 is 13.7 Å². The van der Waals surface area contributed by atoms with Gasteiger partial charge in [0.25, 0.3) is 0 Å². The van der Waals surface area contributed by atoms with E-state index < -0.39 is 0 Å². The van der Waals surface area contributed by atoms with Gasteiger partial charge in [-0.15, -0.1) is 0 Å². The van der Waals surface area contributed by atoms with Crippen molar-refractivity contribution in [2.75, 3.05) is 9.80 Å². The molecular formula is C66H62B2N4. The number of anilines is 6. The Bertz CT molecular complexity index is 3680. The van der Waals surface area contributed by atoms with Gasteiger partial charge in [-0.3, -0.25) is 0 Å². The summed E-state index contributed by atoms with van der Waals surface area (Å²) in [5.41, 5.74) is 28.7. The monoisotopic (exact) mass is 933 g/mol. The summed E-state index contributed by atoms with van der Waals surface area (Å²) >= 11 is 0. The molecule has 2 aromatic heterocycles. The first-order valence-corrected chi connectivity index (χ1v) is 26.3. The highest BCUT2D eigenvalue weighted by molar-refractivity contribution is 6.92. The Morgan fingerprint density at radius 3 is 0.986 bits per heavy atom. The molecule has 0 saturated carbocycles. The van der Waals surface area contributed by atoms with E-state index in [1.165, 1.54) is 133 Å². The van der Waals surface area contributed by atoms with Crippen LogP contribution in [0.15, 0.2) is 158 Å². The van der Waals surface area contributed by atoms with Gasteiger partial charge in [0.05, 0.1) is 11.0 Å². The minimum Gasteiger partial charge on any atom is -0.374 e. The number of fused-ring (bicyclic) bond motifs is 13. The van der Waals surface area contributed by atoms with Crippen LogP contribution in [0.4, 0.5) is 34.1 Å². The zero-order chi connectivity index (χ0) is 49.7. The largest absolute Gasteiger partial charge is 0.374 e. The molecule has 6 heterocycles. The third-order valence-electron chi connectivity index (χ3n) is 16.8. The first kappa shape index (κ1) is 43.6. The van der Waals surface area contributed by atoms with Crippen LogP contribution < -0.4 is 31.7 Å². The molecule has 0 bridgehead atoms. The third kappa shape index (κ3) is 5.84. The Morgan fingerprint density at radius 1 is 0.306 bits per heavy atom. The first-order chi connectivity index (χ1) is 34.3. The lowest BCUT2D eigenvalue weighted by Crippen LogP contribution is -2.56. The molecule has 8 aromatic carbocycles. The lowest BCUT2D eigenvalue weighted by atomic mass is 9.45. The second-order valence-electron chi connectivity index (χ2n) is 25.4. The molecule has 72 heavy (non-hydrogen) atoms. The fraction of sp³-hybridized carbons (Fsp3) is 0.242. The van der Waals surface area contributed by atoms with Gasteiger partial charge in [0.2, 0.25) is 0 Å². The third-order valence-corrected chi connectivity index (χ3v) is 16.8. The number of hydrogen-bond acceptors (Lipinski definition) is 2. The molecule has 4 nitrogen and oxygen atoms in total. The van der Waals surface area contributed by atoms with Crippen molar-refractivity contribution < 1.29 is 0 Å². The van der Waals surface area contributed by atoms with E-state index in [0.29, 0.717) is 0 Å². The van der Waals surface area contributed by atoms with Crippen molar-refractivity contribution in [2.45, 2.75) is 105 Å². The van der Waals surface area contributed by atoms with Crippen molar-refractivity contribution >= 4 is 103 Å². The van der Waals surface area contributed by atoms with Crippen molar-refractivity contribution in [3.8, 4) is 22.3 Å². The van der Waals surface area contributed by atoms with Crippen LogP contribution in [0.5, 0.6) is 0 Å². The second-order valence-corrected chi connectivity index (χ2v) is 25.4. The molecule has 352 valence electrons. The van der Waals surface area contributed by atoms with Crippen LogP contribution in [0.25, 0.3) is 55.1 Å². The summed E-state index contributed by atoms with van der Waals surface area (Å²) in [4.78, 5) is 5.17. The lowest BCUT2D eigenvalue weighted by molar-refractivity contribution is 0.568. The molecule has 0 atom stereocenters. The van der Waals surface area contributed by atoms with Crippen LogP contribution in [-0.4, -0.2) is 22.7 Å². The van der Waals surface area contributed by atoms with Gasteiger partial charge in [0, 0.05) is 67.1 Å². The molecule has 4 aliphatic rings. The number of hydrogen-bond donors (Lipinski definition) is 0. The van der Waals surface area contributed by atoms with E-state index in [9.17, 15) is 0 Å². The molecule has 4 aliphatic heterocycles. The SMILES string of the molecule is CC(C)(C)c1cc(N2c3ccccc3B3c4c(cccc42)-c2cccc4c2n3c2c3cccc5c3n(c42)B2c3ccccc3N(c3cc(C(C)(C)C)cc(C(C)(C)C)c3)c3cccc-5c32)cc(C(C)(C)C)c1. The summed E-state index contributed by atoms with van der Waals surface area (Å²) in [6.07, 6.45) is 0. The summed E-state index contributed by atoms with van der Waals surface area (Å²) in [5, 5.41) is 2.61. The molecule has 0 radical (unpaired) electrons. The fourth-order valence-electron chi connectivity index (χ4n) is 13.2. The Kier molecular flexibility index (Phi) is 8.65. The molecule has 0 amide bonds. The van der Waals surface area contributed by atoms with Crippen molar-refractivity contribution in [3.05, 3.63) is 180 Å². The van der Waals surface area contributed by atoms with Crippen LogP contribution in [-0.2, 0) is 21.7 Å². The Balaban J connectivity index is 1.06. The van der Waals surface area contributed by atoms with E-state index in [2.05, 4.69) is 260 Å². The molecule has 14 rings (SSSR count). The Hall–Kier alpha value is -7.17. The van der Waals surface area contributed by atoms with E-state index in [4.69, 9.17) is 0 Å². The summed E-state index contributed by atoms with van der Waals surface area (Å²) < 4.78 is 5.56. The Morgan fingerprint density at radius 2 is 0.625 bits per heavy atom. The van der Waals surface area contributed by atoms with E-state index >= 15 is 0 Å². The van der Waals surface area contributed by atoms with E-state index in [-0.39, 0.29) is 35.4 Å². The predicted octanol–water partition coefficient (Wildman–Crippen LogP) is 14.8. The molecule has 6 heteroatoms. The topological polar surface area (TPSA) is 16.3 Å². The quantitative estimate of drug-likeness (QED) is 0.161. The van der Waals surface area contributed by atoms with Crippen LogP contribution in [0.2, 0.25) is 0 Å². The zero-order valence-electron chi connectivity index (χ0n) is 44.0. The van der Waals surface area contributed by atoms with Crippen LogP contribution in [0.3, 0.4) is 0 Å². The average molecular weight is 933 g/mol. The maximum Gasteiger partial charge on any atom is 0.333 e. The second kappa shape index (κ2) is 14.3. The number of nitrogens with zero attached hydrogens (tertiary/aromatic N) is 4. The maximum absolute atomic E-state index is 2.78. The molecule has 0 saturated heterocycles. The van der Waals surface area contributed by atoms with Gasteiger partial charge in [-0.2, -0.15) is 0 Å². The molecular weight excluding hydrogens is 870 g/mol. The van der Waals surface area contributed by atoms with Crippen LogP contribution >= 0.6 is 0 Å². The summed E-state index contributed by atoms with van der Waals surface area (Å²) in [6, 6.07) is 61.6. The number of para-hydroxylation sites is 4. The molecule has 0 N–H and O–H groups in total. The molecule has 0 aliphatic carbocycles. The van der Waals surface area contributed by atoms with E-state index in [1.54, 1.807) is 0 Å². The number of benzene rings is 8. The highest BCUT2D eigenvalue weighted by atomic mass is 15.2. The van der Waals surface area contributed by atoms with Gasteiger partial charge in [0.1, 0.15) is 0 Å². The Labute approximate surface area is 426 Å². The van der Waals surface area contributed by atoms with Gasteiger partial charge in [-0.1, -0.05) is 192 Å². The summed E-state index contributed by atoms with van der Waals surface area (Å²) in [5.74, 6) is 0. The normalized spacial score (nSPS) is 14.6. The first-order valence-electron chi connectivity index (χ1n) is 26.3. The van der Waals surface area contributed by atoms with Gasteiger partial charge in [-0.05, 0) is 125 Å². The number of aromatic nitrogens is 2. The molecule has 10 aromatic rings. The van der Waals surface area contributed by atoms with Crippen LogP contribution in [0, 0.1) is 0 Å². The van der Waals surface area contributed by atoms with Crippen molar-refractivity contribution in [2.24, 2.45) is 0 Å². The van der Waals surface area contributed by atoms with Crippen molar-refractivity contribution in [1.82, 2.24) is 8.96 Å². The average Bonchev–Trinajstić information content (AvgIpc) is 3.86. The van der Waals surface area contributed by atoms with Gasteiger partial charge in [-0.25, -0.2) is 0 Å². The van der Waals surface area contributed by atoms with E-state index in [1.807, 2.05) is 0 Å². The van der Waals surface area contributed by atoms with Crippen molar-refractivity contribution in [1.29, 1.82) is 0 Å². The van der Waals surface area contributed by atoms with Crippen molar-refractivity contribution in [3.63, 3.8) is 0 Å². The van der Waals surface area contributed by atoms with Crippen LogP contribution in [0.1, 0.15) is 105 Å². The van der Waals surface area contributed by atoms with Gasteiger partial charge in [0.15, 0.2) is 0 Å². The predicted molar refractivity (Wildman–Crippen MR) is 311 cm³/mol. The highest BCUT2D eigenvalue weighted by Gasteiger charge is 2.47.